The Labute approximate surface area is 140 Å². The summed E-state index contributed by atoms with van der Waals surface area (Å²) in [4.78, 5) is 31.7. The normalized spacial score (nSPS) is 14.4. The average molecular weight is 329 g/mol. The molecule has 7 nitrogen and oxygen atoms in total. The van der Waals surface area contributed by atoms with E-state index in [4.69, 9.17) is 0 Å². The van der Waals surface area contributed by atoms with Crippen LogP contribution in [0.25, 0.3) is 5.95 Å². The van der Waals surface area contributed by atoms with E-state index in [0.717, 1.165) is 37.3 Å². The van der Waals surface area contributed by atoms with E-state index < -0.39 is 0 Å². The second kappa shape index (κ2) is 6.22. The van der Waals surface area contributed by atoms with Crippen molar-refractivity contribution >= 4 is 5.91 Å². The smallest absolute Gasteiger partial charge is 0.258 e. The summed E-state index contributed by atoms with van der Waals surface area (Å²) in [5, 5.41) is 4.43. The zero-order valence-electron chi connectivity index (χ0n) is 14.7. The highest BCUT2D eigenvalue weighted by Gasteiger charge is 2.22. The van der Waals surface area contributed by atoms with Gasteiger partial charge in [-0.2, -0.15) is 5.10 Å². The monoisotopic (exact) mass is 329 g/mol. The molecule has 0 N–H and O–H groups in total. The molecule has 0 unspecified atom stereocenters. The Morgan fingerprint density at radius 3 is 2.42 bits per heavy atom. The van der Waals surface area contributed by atoms with Crippen molar-refractivity contribution in [2.45, 2.75) is 47.1 Å². The Kier molecular flexibility index (Phi) is 4.26. The molecular weight excluding hydrogens is 306 g/mol. The van der Waals surface area contributed by atoms with Crippen molar-refractivity contribution < 1.29 is 4.79 Å². The van der Waals surface area contributed by atoms with E-state index in [1.165, 1.54) is 4.57 Å². The summed E-state index contributed by atoms with van der Waals surface area (Å²) in [5.41, 5.74) is 2.77. The van der Waals surface area contributed by atoms with Crippen molar-refractivity contribution in [3.63, 3.8) is 0 Å². The van der Waals surface area contributed by atoms with Crippen LogP contribution in [0, 0.1) is 27.7 Å². The van der Waals surface area contributed by atoms with Gasteiger partial charge in [0.05, 0.1) is 5.69 Å². The lowest BCUT2D eigenvalue weighted by molar-refractivity contribution is -0.130. The number of carbonyl (C=O) groups excluding carboxylic acids is 1. The van der Waals surface area contributed by atoms with Gasteiger partial charge in [0, 0.05) is 30.0 Å². The molecular formula is C17H23N5O2. The van der Waals surface area contributed by atoms with Crippen molar-refractivity contribution in [1.82, 2.24) is 24.2 Å². The van der Waals surface area contributed by atoms with Crippen molar-refractivity contribution in [2.75, 3.05) is 13.1 Å². The molecule has 0 aliphatic carbocycles. The minimum atomic E-state index is -0.183. The van der Waals surface area contributed by atoms with Crippen molar-refractivity contribution in [1.29, 1.82) is 0 Å². The first-order valence-electron chi connectivity index (χ1n) is 8.28. The number of carbonyl (C=O) groups is 1. The van der Waals surface area contributed by atoms with Crippen LogP contribution >= 0.6 is 0 Å². The van der Waals surface area contributed by atoms with Gasteiger partial charge in [0.2, 0.25) is 11.9 Å². The topological polar surface area (TPSA) is 73.0 Å². The lowest BCUT2D eigenvalue weighted by Gasteiger charge is -2.19. The molecule has 0 atom stereocenters. The summed E-state index contributed by atoms with van der Waals surface area (Å²) >= 11 is 0. The summed E-state index contributed by atoms with van der Waals surface area (Å²) in [5.74, 6) is 0.365. The maximum atomic E-state index is 12.8. The Morgan fingerprint density at radius 2 is 1.83 bits per heavy atom. The molecule has 3 heterocycles. The van der Waals surface area contributed by atoms with E-state index in [0.29, 0.717) is 17.2 Å². The van der Waals surface area contributed by atoms with E-state index >= 15 is 0 Å². The number of likely N-dealkylation sites (tertiary alicyclic amines) is 1. The molecule has 1 saturated heterocycles. The summed E-state index contributed by atoms with van der Waals surface area (Å²) in [6.07, 6.45) is 2.05. The van der Waals surface area contributed by atoms with E-state index in [1.54, 1.807) is 18.5 Å². The SMILES string of the molecule is Cc1cc(C)n(-c2nc(C)c(C)c(=O)n2CC(=O)N2CCCC2)n1. The van der Waals surface area contributed by atoms with Gasteiger partial charge in [0.15, 0.2) is 0 Å². The minimum absolute atomic E-state index is 0.000629. The highest BCUT2D eigenvalue weighted by molar-refractivity contribution is 5.76. The van der Waals surface area contributed by atoms with Crippen molar-refractivity contribution in [3.05, 3.63) is 39.1 Å². The molecule has 1 aliphatic rings. The molecule has 128 valence electrons. The van der Waals surface area contributed by atoms with Gasteiger partial charge in [-0.25, -0.2) is 9.67 Å². The number of aryl methyl sites for hydroxylation is 3. The van der Waals surface area contributed by atoms with Gasteiger partial charge in [-0.15, -0.1) is 0 Å². The quantitative estimate of drug-likeness (QED) is 0.850. The predicted octanol–water partition coefficient (Wildman–Crippen LogP) is 1.29. The number of nitrogens with zero attached hydrogens (tertiary/aromatic N) is 5. The predicted molar refractivity (Wildman–Crippen MR) is 90.4 cm³/mol. The van der Waals surface area contributed by atoms with Gasteiger partial charge in [-0.05, 0) is 46.6 Å². The van der Waals surface area contributed by atoms with Crippen LogP contribution in [0.4, 0.5) is 0 Å². The molecule has 1 fully saturated rings. The Morgan fingerprint density at radius 1 is 1.17 bits per heavy atom. The average Bonchev–Trinajstić information content (AvgIpc) is 3.17. The van der Waals surface area contributed by atoms with Crippen LogP contribution in [-0.4, -0.2) is 43.2 Å². The van der Waals surface area contributed by atoms with Crippen LogP contribution in [0.15, 0.2) is 10.9 Å². The molecule has 0 radical (unpaired) electrons. The molecule has 2 aromatic rings. The molecule has 2 aromatic heterocycles. The Bertz CT molecular complexity index is 843. The molecule has 0 bridgehead atoms. The highest BCUT2D eigenvalue weighted by atomic mass is 16.2. The number of hydrogen-bond acceptors (Lipinski definition) is 4. The van der Waals surface area contributed by atoms with Gasteiger partial charge >= 0.3 is 0 Å². The molecule has 7 heteroatoms. The Balaban J connectivity index is 2.09. The third-order valence-corrected chi connectivity index (χ3v) is 4.57. The lowest BCUT2D eigenvalue weighted by Crippen LogP contribution is -2.37. The minimum Gasteiger partial charge on any atom is -0.341 e. The fraction of sp³-hybridized carbons (Fsp3) is 0.529. The zero-order valence-corrected chi connectivity index (χ0v) is 14.7. The summed E-state index contributed by atoms with van der Waals surface area (Å²) in [6, 6.07) is 1.92. The first kappa shape index (κ1) is 16.4. The van der Waals surface area contributed by atoms with E-state index in [2.05, 4.69) is 10.1 Å². The molecule has 3 rings (SSSR count). The van der Waals surface area contributed by atoms with Gasteiger partial charge < -0.3 is 4.90 Å². The summed E-state index contributed by atoms with van der Waals surface area (Å²) in [7, 11) is 0. The van der Waals surface area contributed by atoms with Crippen molar-refractivity contribution in [3.8, 4) is 5.95 Å². The summed E-state index contributed by atoms with van der Waals surface area (Å²) in [6.45, 7) is 8.88. The van der Waals surface area contributed by atoms with Crippen LogP contribution in [0.1, 0.15) is 35.5 Å². The highest BCUT2D eigenvalue weighted by Crippen LogP contribution is 2.13. The Hall–Kier alpha value is -2.44. The molecule has 0 spiro atoms. The number of amides is 1. The van der Waals surface area contributed by atoms with Crippen LogP contribution in [0.3, 0.4) is 0 Å². The maximum absolute atomic E-state index is 12.8. The van der Waals surface area contributed by atoms with Crippen LogP contribution in [0.5, 0.6) is 0 Å². The summed E-state index contributed by atoms with van der Waals surface area (Å²) < 4.78 is 3.09. The van der Waals surface area contributed by atoms with Gasteiger partial charge in [-0.3, -0.25) is 14.2 Å². The third kappa shape index (κ3) is 2.86. The van der Waals surface area contributed by atoms with E-state index in [9.17, 15) is 9.59 Å². The molecule has 24 heavy (non-hydrogen) atoms. The largest absolute Gasteiger partial charge is 0.341 e. The van der Waals surface area contributed by atoms with E-state index in [1.807, 2.05) is 24.8 Å². The standard InChI is InChI=1S/C17H23N5O2/c1-11-9-12(2)22(19-11)17-18-14(4)13(3)16(24)21(17)10-15(23)20-7-5-6-8-20/h9H,5-8,10H2,1-4H3. The fourth-order valence-electron chi connectivity index (χ4n) is 3.08. The first-order valence-corrected chi connectivity index (χ1v) is 8.28. The first-order chi connectivity index (χ1) is 11.4. The molecule has 1 amide bonds. The lowest BCUT2D eigenvalue weighted by atomic mass is 10.2. The van der Waals surface area contributed by atoms with E-state index in [-0.39, 0.29) is 18.0 Å². The zero-order chi connectivity index (χ0) is 17.4. The molecule has 0 aromatic carbocycles. The van der Waals surface area contributed by atoms with Crippen LogP contribution in [-0.2, 0) is 11.3 Å². The maximum Gasteiger partial charge on any atom is 0.258 e. The van der Waals surface area contributed by atoms with Gasteiger partial charge in [0.25, 0.3) is 5.56 Å². The number of aromatic nitrogens is 4. The van der Waals surface area contributed by atoms with Crippen molar-refractivity contribution in [2.24, 2.45) is 0 Å². The number of hydrogen-bond donors (Lipinski definition) is 0. The second-order valence-corrected chi connectivity index (χ2v) is 6.44. The molecule has 1 aliphatic heterocycles. The van der Waals surface area contributed by atoms with Crippen LogP contribution in [0.2, 0.25) is 0 Å². The number of rotatable bonds is 3. The van der Waals surface area contributed by atoms with Crippen LogP contribution < -0.4 is 5.56 Å². The second-order valence-electron chi connectivity index (χ2n) is 6.44. The van der Waals surface area contributed by atoms with Gasteiger partial charge in [0.1, 0.15) is 6.54 Å². The third-order valence-electron chi connectivity index (χ3n) is 4.57. The molecule has 0 saturated carbocycles. The fourth-order valence-corrected chi connectivity index (χ4v) is 3.08. The van der Waals surface area contributed by atoms with Gasteiger partial charge in [-0.1, -0.05) is 0 Å².